The second-order valence-electron chi connectivity index (χ2n) is 5.59. The summed E-state index contributed by atoms with van der Waals surface area (Å²) in [4.78, 5) is 10.9. The van der Waals surface area contributed by atoms with Crippen molar-refractivity contribution in [2.24, 2.45) is 5.92 Å². The molecular formula is C14H24O4. The maximum atomic E-state index is 10.9. The molecule has 18 heavy (non-hydrogen) atoms. The second kappa shape index (κ2) is 6.53. The van der Waals surface area contributed by atoms with Gasteiger partial charge in [0.25, 0.3) is 0 Å². The Morgan fingerprint density at radius 2 is 1.67 bits per heavy atom. The number of hydrogen-bond donors (Lipinski definition) is 1. The van der Waals surface area contributed by atoms with E-state index in [2.05, 4.69) is 0 Å². The van der Waals surface area contributed by atoms with E-state index in [-0.39, 0.29) is 12.0 Å². The summed E-state index contributed by atoms with van der Waals surface area (Å²) in [5.74, 6) is -0.798. The Bertz CT molecular complexity index is 271. The van der Waals surface area contributed by atoms with E-state index in [4.69, 9.17) is 14.6 Å². The van der Waals surface area contributed by atoms with E-state index in [0.717, 1.165) is 44.9 Å². The van der Waals surface area contributed by atoms with Gasteiger partial charge in [-0.2, -0.15) is 0 Å². The van der Waals surface area contributed by atoms with Crippen molar-refractivity contribution in [3.63, 3.8) is 0 Å². The largest absolute Gasteiger partial charge is 0.481 e. The number of carbonyl (C=O) groups is 1. The number of aliphatic carboxylic acids is 1. The van der Waals surface area contributed by atoms with Crippen molar-refractivity contribution in [3.8, 4) is 0 Å². The topological polar surface area (TPSA) is 55.8 Å². The van der Waals surface area contributed by atoms with Crippen molar-refractivity contribution in [2.75, 3.05) is 7.11 Å². The van der Waals surface area contributed by atoms with Crippen LogP contribution in [0.1, 0.15) is 51.4 Å². The van der Waals surface area contributed by atoms with Crippen LogP contribution in [0.25, 0.3) is 0 Å². The lowest BCUT2D eigenvalue weighted by Crippen LogP contribution is -2.33. The SMILES string of the molecule is COC1CCCC(OC2CCC(C(=O)O)CC2)C1. The highest BCUT2D eigenvalue weighted by atomic mass is 16.5. The predicted octanol–water partition coefficient (Wildman–Crippen LogP) is 2.60. The first-order valence-electron chi connectivity index (χ1n) is 7.10. The average molecular weight is 256 g/mol. The Hall–Kier alpha value is -0.610. The van der Waals surface area contributed by atoms with Crippen LogP contribution in [0.15, 0.2) is 0 Å². The highest BCUT2D eigenvalue weighted by molar-refractivity contribution is 5.70. The average Bonchev–Trinajstić information content (AvgIpc) is 2.39. The van der Waals surface area contributed by atoms with Crippen LogP contribution in [-0.4, -0.2) is 36.5 Å². The fourth-order valence-electron chi connectivity index (χ4n) is 3.16. The first kappa shape index (κ1) is 13.8. The summed E-state index contributed by atoms with van der Waals surface area (Å²) in [6, 6.07) is 0. The lowest BCUT2D eigenvalue weighted by Gasteiger charge is -2.34. The number of rotatable bonds is 4. The minimum Gasteiger partial charge on any atom is -0.481 e. The smallest absolute Gasteiger partial charge is 0.306 e. The molecule has 104 valence electrons. The molecule has 0 aliphatic heterocycles. The summed E-state index contributed by atoms with van der Waals surface area (Å²) in [6.07, 6.45) is 8.68. The fraction of sp³-hybridized carbons (Fsp3) is 0.929. The number of carboxylic acids is 1. The zero-order valence-electron chi connectivity index (χ0n) is 11.1. The maximum absolute atomic E-state index is 10.9. The summed E-state index contributed by atoms with van der Waals surface area (Å²) in [5.41, 5.74) is 0. The minimum absolute atomic E-state index is 0.150. The molecule has 0 amide bonds. The van der Waals surface area contributed by atoms with Gasteiger partial charge in [0, 0.05) is 7.11 Å². The van der Waals surface area contributed by atoms with Crippen LogP contribution in [0.4, 0.5) is 0 Å². The van der Waals surface area contributed by atoms with E-state index < -0.39 is 5.97 Å². The van der Waals surface area contributed by atoms with Crippen LogP contribution in [-0.2, 0) is 14.3 Å². The quantitative estimate of drug-likeness (QED) is 0.840. The van der Waals surface area contributed by atoms with Crippen molar-refractivity contribution in [1.29, 1.82) is 0 Å². The molecule has 2 aliphatic rings. The van der Waals surface area contributed by atoms with Crippen LogP contribution in [0.3, 0.4) is 0 Å². The highest BCUT2D eigenvalue weighted by Crippen LogP contribution is 2.30. The predicted molar refractivity (Wildman–Crippen MR) is 67.5 cm³/mol. The van der Waals surface area contributed by atoms with E-state index >= 15 is 0 Å². The molecule has 0 aromatic carbocycles. The standard InChI is InChI=1S/C14H24O4/c1-17-12-3-2-4-13(9-12)18-11-7-5-10(6-8-11)14(15)16/h10-13H,2-9H2,1H3,(H,15,16). The van der Waals surface area contributed by atoms with Crippen molar-refractivity contribution in [1.82, 2.24) is 0 Å². The number of methoxy groups -OCH3 is 1. The monoisotopic (exact) mass is 256 g/mol. The normalized spacial score (nSPS) is 37.4. The molecule has 4 heteroatoms. The zero-order chi connectivity index (χ0) is 13.0. The summed E-state index contributed by atoms with van der Waals surface area (Å²) < 4.78 is 11.5. The van der Waals surface area contributed by atoms with Gasteiger partial charge in [0.15, 0.2) is 0 Å². The molecule has 2 fully saturated rings. The van der Waals surface area contributed by atoms with Gasteiger partial charge in [-0.05, 0) is 51.4 Å². The molecule has 2 aliphatic carbocycles. The van der Waals surface area contributed by atoms with Gasteiger partial charge < -0.3 is 14.6 Å². The molecule has 0 heterocycles. The molecule has 1 N–H and O–H groups in total. The zero-order valence-corrected chi connectivity index (χ0v) is 11.1. The van der Waals surface area contributed by atoms with E-state index in [9.17, 15) is 4.79 Å². The van der Waals surface area contributed by atoms with Crippen molar-refractivity contribution < 1.29 is 19.4 Å². The summed E-state index contributed by atoms with van der Waals surface area (Å²) in [6.45, 7) is 0. The summed E-state index contributed by atoms with van der Waals surface area (Å²) in [7, 11) is 1.77. The van der Waals surface area contributed by atoms with Gasteiger partial charge >= 0.3 is 5.97 Å². The molecule has 0 radical (unpaired) electrons. The van der Waals surface area contributed by atoms with Gasteiger partial charge in [0.05, 0.1) is 24.2 Å². The van der Waals surface area contributed by atoms with E-state index in [0.29, 0.717) is 12.2 Å². The lowest BCUT2D eigenvalue weighted by molar-refractivity contribution is -0.144. The first-order chi connectivity index (χ1) is 8.69. The molecule has 0 aromatic rings. The van der Waals surface area contributed by atoms with Gasteiger partial charge in [-0.25, -0.2) is 0 Å². The summed E-state index contributed by atoms with van der Waals surface area (Å²) >= 11 is 0. The number of carboxylic acid groups (broad SMARTS) is 1. The number of hydrogen-bond acceptors (Lipinski definition) is 3. The Labute approximate surface area is 109 Å². The Balaban J connectivity index is 1.72. The van der Waals surface area contributed by atoms with Crippen LogP contribution in [0.5, 0.6) is 0 Å². The fourth-order valence-corrected chi connectivity index (χ4v) is 3.16. The maximum Gasteiger partial charge on any atom is 0.306 e. The molecule has 4 nitrogen and oxygen atoms in total. The van der Waals surface area contributed by atoms with Gasteiger partial charge in [-0.1, -0.05) is 0 Å². The third-order valence-electron chi connectivity index (χ3n) is 4.32. The Kier molecular flexibility index (Phi) is 5.01. The van der Waals surface area contributed by atoms with Gasteiger partial charge in [-0.3, -0.25) is 4.79 Å². The Morgan fingerprint density at radius 3 is 2.28 bits per heavy atom. The summed E-state index contributed by atoms with van der Waals surface area (Å²) in [5, 5.41) is 8.96. The molecule has 2 saturated carbocycles. The number of ether oxygens (including phenoxy) is 2. The minimum atomic E-state index is -0.648. The molecule has 0 spiro atoms. The van der Waals surface area contributed by atoms with Crippen molar-refractivity contribution in [2.45, 2.75) is 69.7 Å². The van der Waals surface area contributed by atoms with Crippen LogP contribution in [0.2, 0.25) is 0 Å². The van der Waals surface area contributed by atoms with Gasteiger partial charge in [0.2, 0.25) is 0 Å². The van der Waals surface area contributed by atoms with E-state index in [1.54, 1.807) is 7.11 Å². The van der Waals surface area contributed by atoms with Gasteiger partial charge in [0.1, 0.15) is 0 Å². The molecule has 2 rings (SSSR count). The second-order valence-corrected chi connectivity index (χ2v) is 5.59. The third-order valence-corrected chi connectivity index (χ3v) is 4.32. The molecular weight excluding hydrogens is 232 g/mol. The highest BCUT2D eigenvalue weighted by Gasteiger charge is 2.29. The van der Waals surface area contributed by atoms with E-state index in [1.807, 2.05) is 0 Å². The van der Waals surface area contributed by atoms with Gasteiger partial charge in [-0.15, -0.1) is 0 Å². The Morgan fingerprint density at radius 1 is 1.00 bits per heavy atom. The van der Waals surface area contributed by atoms with Crippen molar-refractivity contribution in [3.05, 3.63) is 0 Å². The third kappa shape index (κ3) is 3.69. The molecule has 2 atom stereocenters. The lowest BCUT2D eigenvalue weighted by atomic mass is 9.87. The van der Waals surface area contributed by atoms with Crippen molar-refractivity contribution >= 4 is 5.97 Å². The van der Waals surface area contributed by atoms with E-state index in [1.165, 1.54) is 6.42 Å². The molecule has 0 saturated heterocycles. The van der Waals surface area contributed by atoms with Crippen LogP contribution >= 0.6 is 0 Å². The molecule has 2 unspecified atom stereocenters. The van der Waals surface area contributed by atoms with Crippen LogP contribution in [0, 0.1) is 5.92 Å². The molecule has 0 aromatic heterocycles. The molecule has 0 bridgehead atoms. The first-order valence-corrected chi connectivity index (χ1v) is 7.10. The van der Waals surface area contributed by atoms with Crippen LogP contribution < -0.4 is 0 Å².